The van der Waals surface area contributed by atoms with Crippen molar-refractivity contribution in [3.05, 3.63) is 70.0 Å². The zero-order chi connectivity index (χ0) is 16.2. The van der Waals surface area contributed by atoms with E-state index in [-0.39, 0.29) is 12.5 Å². The van der Waals surface area contributed by atoms with Crippen molar-refractivity contribution < 1.29 is 9.21 Å². The lowest BCUT2D eigenvalue weighted by Gasteiger charge is -2.02. The molecule has 0 atom stereocenters. The standard InChI is InChI=1S/C17H14BrN3O2/c1-11-2-4-13(5-3-11)17-21-20-15(23-17)10-19-16(22)12-6-8-14(18)9-7-12/h2-9H,10H2,1H3,(H,19,22). The van der Waals surface area contributed by atoms with Crippen LogP contribution in [0.5, 0.6) is 0 Å². The number of amides is 1. The van der Waals surface area contributed by atoms with E-state index in [0.29, 0.717) is 17.3 Å². The van der Waals surface area contributed by atoms with Gasteiger partial charge in [0, 0.05) is 15.6 Å². The van der Waals surface area contributed by atoms with Crippen molar-refractivity contribution in [2.75, 3.05) is 0 Å². The van der Waals surface area contributed by atoms with Crippen LogP contribution in [0.2, 0.25) is 0 Å². The zero-order valence-corrected chi connectivity index (χ0v) is 14.0. The molecule has 0 saturated carbocycles. The third-order valence-electron chi connectivity index (χ3n) is 3.27. The van der Waals surface area contributed by atoms with Crippen molar-refractivity contribution in [2.24, 2.45) is 0 Å². The molecule has 1 amide bonds. The van der Waals surface area contributed by atoms with Gasteiger partial charge in [0.1, 0.15) is 0 Å². The highest BCUT2D eigenvalue weighted by Gasteiger charge is 2.10. The van der Waals surface area contributed by atoms with Crippen LogP contribution in [-0.4, -0.2) is 16.1 Å². The first-order valence-corrected chi connectivity index (χ1v) is 7.84. The lowest BCUT2D eigenvalue weighted by molar-refractivity contribution is 0.0947. The number of nitrogens with zero attached hydrogens (tertiary/aromatic N) is 2. The summed E-state index contributed by atoms with van der Waals surface area (Å²) < 4.78 is 6.50. The van der Waals surface area contributed by atoms with Gasteiger partial charge >= 0.3 is 0 Å². The van der Waals surface area contributed by atoms with E-state index in [9.17, 15) is 4.79 Å². The van der Waals surface area contributed by atoms with Crippen LogP contribution in [0.4, 0.5) is 0 Å². The average molecular weight is 372 g/mol. The van der Waals surface area contributed by atoms with Crippen molar-refractivity contribution in [2.45, 2.75) is 13.5 Å². The Morgan fingerprint density at radius 3 is 2.48 bits per heavy atom. The summed E-state index contributed by atoms with van der Waals surface area (Å²) in [6.07, 6.45) is 0. The molecule has 116 valence electrons. The van der Waals surface area contributed by atoms with Gasteiger partial charge in [-0.05, 0) is 43.3 Å². The minimum absolute atomic E-state index is 0.187. The van der Waals surface area contributed by atoms with Crippen LogP contribution in [0.15, 0.2) is 57.4 Å². The van der Waals surface area contributed by atoms with E-state index in [1.165, 1.54) is 0 Å². The molecule has 1 heterocycles. The van der Waals surface area contributed by atoms with Gasteiger partial charge in [0.05, 0.1) is 6.54 Å². The maximum Gasteiger partial charge on any atom is 0.251 e. The largest absolute Gasteiger partial charge is 0.419 e. The minimum atomic E-state index is -0.187. The first kappa shape index (κ1) is 15.4. The van der Waals surface area contributed by atoms with Gasteiger partial charge in [0.25, 0.3) is 5.91 Å². The quantitative estimate of drug-likeness (QED) is 0.758. The van der Waals surface area contributed by atoms with E-state index in [2.05, 4.69) is 31.4 Å². The first-order chi connectivity index (χ1) is 11.1. The van der Waals surface area contributed by atoms with E-state index < -0.39 is 0 Å². The molecule has 5 nitrogen and oxygen atoms in total. The Kier molecular flexibility index (Phi) is 4.52. The number of rotatable bonds is 4. The number of carbonyl (C=O) groups is 1. The first-order valence-electron chi connectivity index (χ1n) is 7.05. The highest BCUT2D eigenvalue weighted by atomic mass is 79.9. The molecule has 0 aliphatic carbocycles. The summed E-state index contributed by atoms with van der Waals surface area (Å²) in [5.74, 6) is 0.622. The molecule has 3 aromatic rings. The molecular formula is C17H14BrN3O2. The molecule has 6 heteroatoms. The Morgan fingerprint density at radius 2 is 1.78 bits per heavy atom. The Hall–Kier alpha value is -2.47. The number of nitrogens with one attached hydrogen (secondary N) is 1. The molecule has 0 fully saturated rings. The molecule has 3 rings (SSSR count). The van der Waals surface area contributed by atoms with Crippen molar-refractivity contribution in [3.63, 3.8) is 0 Å². The Balaban J connectivity index is 1.64. The van der Waals surface area contributed by atoms with Gasteiger partial charge in [-0.15, -0.1) is 10.2 Å². The molecule has 0 spiro atoms. The van der Waals surface area contributed by atoms with Crippen molar-refractivity contribution >= 4 is 21.8 Å². The maximum absolute atomic E-state index is 12.0. The van der Waals surface area contributed by atoms with Crippen LogP contribution >= 0.6 is 15.9 Å². The summed E-state index contributed by atoms with van der Waals surface area (Å²) in [6, 6.07) is 14.9. The highest BCUT2D eigenvalue weighted by Crippen LogP contribution is 2.18. The third-order valence-corrected chi connectivity index (χ3v) is 3.80. The van der Waals surface area contributed by atoms with Crippen molar-refractivity contribution in [1.82, 2.24) is 15.5 Å². The van der Waals surface area contributed by atoms with E-state index in [1.807, 2.05) is 43.3 Å². The lowest BCUT2D eigenvalue weighted by Crippen LogP contribution is -2.22. The van der Waals surface area contributed by atoms with Crippen molar-refractivity contribution in [3.8, 4) is 11.5 Å². The number of halogens is 1. The van der Waals surface area contributed by atoms with Gasteiger partial charge in [-0.2, -0.15) is 0 Å². The van der Waals surface area contributed by atoms with Crippen LogP contribution in [0.1, 0.15) is 21.8 Å². The van der Waals surface area contributed by atoms with Gasteiger partial charge in [-0.3, -0.25) is 4.79 Å². The maximum atomic E-state index is 12.0. The average Bonchev–Trinajstić information content (AvgIpc) is 3.03. The molecule has 0 unspecified atom stereocenters. The van der Waals surface area contributed by atoms with Gasteiger partial charge in [0.15, 0.2) is 0 Å². The van der Waals surface area contributed by atoms with Gasteiger partial charge in [0.2, 0.25) is 11.8 Å². The van der Waals surface area contributed by atoms with E-state index >= 15 is 0 Å². The molecule has 2 aromatic carbocycles. The fraction of sp³-hybridized carbons (Fsp3) is 0.118. The number of benzene rings is 2. The number of carbonyl (C=O) groups excluding carboxylic acids is 1. The summed E-state index contributed by atoms with van der Waals surface area (Å²) in [5, 5.41) is 10.7. The second-order valence-electron chi connectivity index (χ2n) is 5.06. The molecule has 1 aromatic heterocycles. The summed E-state index contributed by atoms with van der Waals surface area (Å²) in [6.45, 7) is 2.20. The van der Waals surface area contributed by atoms with Gasteiger partial charge < -0.3 is 9.73 Å². The second kappa shape index (κ2) is 6.75. The van der Waals surface area contributed by atoms with Crippen LogP contribution in [-0.2, 0) is 6.54 Å². The predicted octanol–water partition coefficient (Wildman–Crippen LogP) is 3.74. The van der Waals surface area contributed by atoms with E-state index in [4.69, 9.17) is 4.42 Å². The molecular weight excluding hydrogens is 358 g/mol. The molecule has 0 radical (unpaired) electrons. The van der Waals surface area contributed by atoms with E-state index in [1.54, 1.807) is 12.1 Å². The third kappa shape index (κ3) is 3.84. The van der Waals surface area contributed by atoms with Gasteiger partial charge in [-0.1, -0.05) is 33.6 Å². The van der Waals surface area contributed by atoms with Crippen LogP contribution in [0.3, 0.4) is 0 Å². The summed E-state index contributed by atoms with van der Waals surface area (Å²) >= 11 is 3.33. The number of aromatic nitrogens is 2. The smallest absolute Gasteiger partial charge is 0.251 e. The Morgan fingerprint density at radius 1 is 1.09 bits per heavy atom. The molecule has 0 bridgehead atoms. The minimum Gasteiger partial charge on any atom is -0.419 e. The fourth-order valence-corrected chi connectivity index (χ4v) is 2.26. The van der Waals surface area contributed by atoms with Crippen LogP contribution in [0.25, 0.3) is 11.5 Å². The summed E-state index contributed by atoms with van der Waals surface area (Å²) in [7, 11) is 0. The fourth-order valence-electron chi connectivity index (χ4n) is 2.00. The molecule has 23 heavy (non-hydrogen) atoms. The SMILES string of the molecule is Cc1ccc(-c2nnc(CNC(=O)c3ccc(Br)cc3)o2)cc1. The normalized spacial score (nSPS) is 10.5. The van der Waals surface area contributed by atoms with Gasteiger partial charge in [-0.25, -0.2) is 0 Å². The number of aryl methyl sites for hydroxylation is 1. The van der Waals surface area contributed by atoms with E-state index in [0.717, 1.165) is 15.6 Å². The molecule has 0 saturated heterocycles. The second-order valence-corrected chi connectivity index (χ2v) is 5.97. The zero-order valence-electron chi connectivity index (χ0n) is 12.4. The predicted molar refractivity (Wildman–Crippen MR) is 89.8 cm³/mol. The van der Waals surface area contributed by atoms with Crippen molar-refractivity contribution in [1.29, 1.82) is 0 Å². The summed E-state index contributed by atoms with van der Waals surface area (Å²) in [4.78, 5) is 12.0. The lowest BCUT2D eigenvalue weighted by atomic mass is 10.1. The highest BCUT2D eigenvalue weighted by molar-refractivity contribution is 9.10. The Labute approximate surface area is 141 Å². The molecule has 1 N–H and O–H groups in total. The molecule has 0 aliphatic rings. The van der Waals surface area contributed by atoms with Crippen LogP contribution < -0.4 is 5.32 Å². The van der Waals surface area contributed by atoms with Crippen LogP contribution in [0, 0.1) is 6.92 Å². The summed E-state index contributed by atoms with van der Waals surface area (Å²) in [5.41, 5.74) is 2.59. The Bertz CT molecular complexity index is 811. The topological polar surface area (TPSA) is 68.0 Å². The number of hydrogen-bond donors (Lipinski definition) is 1. The monoisotopic (exact) mass is 371 g/mol. The number of hydrogen-bond acceptors (Lipinski definition) is 4. The molecule has 0 aliphatic heterocycles.